The number of halogens is 6. The van der Waals surface area contributed by atoms with Crippen molar-refractivity contribution >= 4 is 5.91 Å². The molecule has 4 rings (SSSR count). The molecule has 13 heteroatoms. The highest BCUT2D eigenvalue weighted by atomic mass is 19.3. The molecule has 2 fully saturated rings. The first kappa shape index (κ1) is 25.0. The number of benzene rings is 1. The largest absolute Gasteiger partial charge is 0.481 e. The summed E-state index contributed by atoms with van der Waals surface area (Å²) in [5.74, 6) is -7.76. The maximum Gasteiger partial charge on any atom is 0.340 e. The van der Waals surface area contributed by atoms with Crippen molar-refractivity contribution < 1.29 is 50.1 Å². The minimum atomic E-state index is -4.38. The van der Waals surface area contributed by atoms with Crippen LogP contribution in [0.1, 0.15) is 22.5 Å². The monoisotopic (exact) mass is 506 g/mol. The predicted molar refractivity (Wildman–Crippen MR) is 107 cm³/mol. The molecule has 35 heavy (non-hydrogen) atoms. The number of aromatic nitrogens is 1. The van der Waals surface area contributed by atoms with Gasteiger partial charge in [0, 0.05) is 18.5 Å². The maximum atomic E-state index is 14.5. The number of hydrogen-bond acceptors (Lipinski definition) is 6. The van der Waals surface area contributed by atoms with E-state index < -0.39 is 48.2 Å². The van der Waals surface area contributed by atoms with E-state index in [1.54, 1.807) is 0 Å². The van der Waals surface area contributed by atoms with E-state index in [0.717, 1.165) is 19.2 Å². The van der Waals surface area contributed by atoms with Crippen LogP contribution in [0.25, 0.3) is 0 Å². The molecule has 2 aliphatic heterocycles. The SMILES string of the molecule is COc1nc(C(=O)N2CC[C@]3(c4cccc(F)c4F)OCOC3C2)ccc1OCC(F)(F)C(F)F. The number of rotatable bonds is 7. The molecule has 0 saturated carbocycles. The smallest absolute Gasteiger partial charge is 0.340 e. The Morgan fingerprint density at radius 1 is 1.29 bits per heavy atom. The molecule has 2 atom stereocenters. The van der Waals surface area contributed by atoms with E-state index in [9.17, 15) is 31.1 Å². The molecular formula is C22H20F6N2O5. The Bertz CT molecular complexity index is 1100. The van der Waals surface area contributed by atoms with E-state index in [1.807, 2.05) is 0 Å². The average molecular weight is 506 g/mol. The van der Waals surface area contributed by atoms with E-state index >= 15 is 0 Å². The molecule has 1 amide bonds. The Kier molecular flexibility index (Phi) is 6.82. The number of pyridine rings is 1. The van der Waals surface area contributed by atoms with Crippen molar-refractivity contribution in [1.82, 2.24) is 9.88 Å². The summed E-state index contributed by atoms with van der Waals surface area (Å²) in [6, 6.07) is 6.02. The summed E-state index contributed by atoms with van der Waals surface area (Å²) in [4.78, 5) is 18.4. The Balaban J connectivity index is 1.50. The number of alkyl halides is 4. The van der Waals surface area contributed by atoms with E-state index in [4.69, 9.17) is 18.9 Å². The van der Waals surface area contributed by atoms with Crippen LogP contribution in [-0.4, -0.2) is 67.8 Å². The molecule has 1 aromatic heterocycles. The molecular weight excluding hydrogens is 486 g/mol. The molecule has 2 aromatic rings. The van der Waals surface area contributed by atoms with Crippen molar-refractivity contribution in [2.45, 2.75) is 30.5 Å². The fourth-order valence-corrected chi connectivity index (χ4v) is 4.08. The third-order valence-electron chi connectivity index (χ3n) is 5.92. The number of carbonyl (C=O) groups excluding carboxylic acids is 1. The number of methoxy groups -OCH3 is 1. The maximum absolute atomic E-state index is 14.5. The summed E-state index contributed by atoms with van der Waals surface area (Å²) in [6.45, 7) is -1.74. The van der Waals surface area contributed by atoms with Gasteiger partial charge < -0.3 is 23.8 Å². The van der Waals surface area contributed by atoms with Crippen molar-refractivity contribution in [3.05, 3.63) is 53.2 Å². The van der Waals surface area contributed by atoms with Gasteiger partial charge in [0.2, 0.25) is 0 Å². The number of ether oxygens (including phenoxy) is 4. The van der Waals surface area contributed by atoms with Gasteiger partial charge in [0.15, 0.2) is 24.0 Å². The van der Waals surface area contributed by atoms with Crippen molar-refractivity contribution in [3.8, 4) is 11.6 Å². The van der Waals surface area contributed by atoms with Crippen molar-refractivity contribution in [2.24, 2.45) is 0 Å². The van der Waals surface area contributed by atoms with Crippen LogP contribution in [0.4, 0.5) is 26.3 Å². The fourth-order valence-electron chi connectivity index (χ4n) is 4.08. The van der Waals surface area contributed by atoms with Gasteiger partial charge in [-0.15, -0.1) is 0 Å². The molecule has 0 spiro atoms. The molecule has 7 nitrogen and oxygen atoms in total. The lowest BCUT2D eigenvalue weighted by Crippen LogP contribution is -2.54. The lowest BCUT2D eigenvalue weighted by molar-refractivity contribution is -0.148. The molecule has 1 aromatic carbocycles. The normalized spacial score (nSPS) is 22.3. The molecule has 3 heterocycles. The highest BCUT2D eigenvalue weighted by Crippen LogP contribution is 2.44. The van der Waals surface area contributed by atoms with Crippen molar-refractivity contribution in [3.63, 3.8) is 0 Å². The summed E-state index contributed by atoms with van der Waals surface area (Å²) in [6.07, 6.45) is -4.61. The van der Waals surface area contributed by atoms with Gasteiger partial charge in [0.05, 0.1) is 13.7 Å². The van der Waals surface area contributed by atoms with E-state index in [-0.39, 0.29) is 49.2 Å². The van der Waals surface area contributed by atoms with Gasteiger partial charge in [-0.05, 0) is 18.2 Å². The van der Waals surface area contributed by atoms with Crippen LogP contribution in [-0.2, 0) is 15.1 Å². The van der Waals surface area contributed by atoms with Crippen LogP contribution in [0.2, 0.25) is 0 Å². The van der Waals surface area contributed by atoms with Gasteiger partial charge in [-0.25, -0.2) is 22.5 Å². The zero-order valence-corrected chi connectivity index (χ0v) is 18.3. The minimum Gasteiger partial charge on any atom is -0.481 e. The molecule has 190 valence electrons. The zero-order chi connectivity index (χ0) is 25.4. The summed E-state index contributed by atoms with van der Waals surface area (Å²) in [5, 5.41) is 0. The van der Waals surface area contributed by atoms with Crippen LogP contribution in [0.3, 0.4) is 0 Å². The molecule has 0 N–H and O–H groups in total. The first-order valence-corrected chi connectivity index (χ1v) is 10.4. The summed E-state index contributed by atoms with van der Waals surface area (Å²) in [5.41, 5.74) is -1.42. The lowest BCUT2D eigenvalue weighted by Gasteiger charge is -2.41. The van der Waals surface area contributed by atoms with Gasteiger partial charge in [-0.1, -0.05) is 12.1 Å². The molecule has 1 unspecified atom stereocenters. The third kappa shape index (κ3) is 4.61. The Morgan fingerprint density at radius 2 is 2.06 bits per heavy atom. The van der Waals surface area contributed by atoms with Crippen LogP contribution >= 0.6 is 0 Å². The van der Waals surface area contributed by atoms with Gasteiger partial charge in [-0.2, -0.15) is 8.78 Å². The number of piperidine rings is 1. The molecule has 0 radical (unpaired) electrons. The summed E-state index contributed by atoms with van der Waals surface area (Å²) in [7, 11) is 1.14. The van der Waals surface area contributed by atoms with Gasteiger partial charge in [0.25, 0.3) is 11.8 Å². The van der Waals surface area contributed by atoms with Crippen LogP contribution in [0.5, 0.6) is 11.6 Å². The molecule has 2 saturated heterocycles. The number of nitrogens with zero attached hydrogens (tertiary/aromatic N) is 2. The fraction of sp³-hybridized carbons (Fsp3) is 0.455. The standard InChI is InChI=1S/C22H20F6N2O5/c1-32-18-15(33-10-22(27,28)20(25)26)6-5-14(29-18)19(31)30-8-7-21(16(9-30)34-11-35-21)12-3-2-4-13(23)17(12)24/h2-6,16,20H,7-11H2,1H3/t16?,21-/m1/s1. The molecule has 0 bridgehead atoms. The van der Waals surface area contributed by atoms with E-state index in [0.29, 0.717) is 0 Å². The second-order valence-corrected chi connectivity index (χ2v) is 7.96. The molecule has 0 aliphatic carbocycles. The van der Waals surface area contributed by atoms with E-state index in [2.05, 4.69) is 4.98 Å². The predicted octanol–water partition coefficient (Wildman–Crippen LogP) is 3.76. The summed E-state index contributed by atoms with van der Waals surface area (Å²) >= 11 is 0. The third-order valence-corrected chi connectivity index (χ3v) is 5.92. The quantitative estimate of drug-likeness (QED) is 0.533. The highest BCUT2D eigenvalue weighted by Gasteiger charge is 2.53. The average Bonchev–Trinajstić information content (AvgIpc) is 3.27. The number of hydrogen-bond donors (Lipinski definition) is 0. The first-order chi connectivity index (χ1) is 16.6. The Morgan fingerprint density at radius 3 is 2.77 bits per heavy atom. The lowest BCUT2D eigenvalue weighted by atomic mass is 9.81. The Hall–Kier alpha value is -3.06. The van der Waals surface area contributed by atoms with Gasteiger partial charge in [0.1, 0.15) is 24.2 Å². The van der Waals surface area contributed by atoms with Gasteiger partial charge >= 0.3 is 12.3 Å². The second-order valence-electron chi connectivity index (χ2n) is 7.96. The van der Waals surface area contributed by atoms with E-state index in [1.165, 1.54) is 23.1 Å². The minimum absolute atomic E-state index is 0.00556. The summed E-state index contributed by atoms with van der Waals surface area (Å²) < 4.78 is 100. The van der Waals surface area contributed by atoms with Crippen LogP contribution < -0.4 is 9.47 Å². The van der Waals surface area contributed by atoms with Crippen molar-refractivity contribution in [2.75, 3.05) is 33.6 Å². The highest BCUT2D eigenvalue weighted by molar-refractivity contribution is 5.92. The number of amides is 1. The number of carbonyl (C=O) groups is 1. The van der Waals surface area contributed by atoms with Crippen LogP contribution in [0, 0.1) is 11.6 Å². The zero-order valence-electron chi connectivity index (χ0n) is 18.3. The molecule has 2 aliphatic rings. The topological polar surface area (TPSA) is 70.1 Å². The van der Waals surface area contributed by atoms with Crippen molar-refractivity contribution in [1.29, 1.82) is 0 Å². The van der Waals surface area contributed by atoms with Gasteiger partial charge in [-0.3, -0.25) is 4.79 Å². The number of fused-ring (bicyclic) bond motifs is 1. The Labute approximate surface area is 195 Å². The first-order valence-electron chi connectivity index (χ1n) is 10.4. The number of likely N-dealkylation sites (tertiary alicyclic amines) is 1. The second kappa shape index (κ2) is 9.53. The van der Waals surface area contributed by atoms with Crippen LogP contribution in [0.15, 0.2) is 30.3 Å².